The molecule has 0 bridgehead atoms. The average Bonchev–Trinajstić information content (AvgIpc) is 2.31. The van der Waals surface area contributed by atoms with E-state index in [2.05, 4.69) is 10.1 Å². The Morgan fingerprint density at radius 3 is 3.06 bits per heavy atom. The summed E-state index contributed by atoms with van der Waals surface area (Å²) in [6.07, 6.45) is 4.95. The summed E-state index contributed by atoms with van der Waals surface area (Å²) in [6, 6.07) is 1.78. The van der Waals surface area contributed by atoms with Crippen molar-refractivity contribution in [1.29, 1.82) is 0 Å². The molecule has 0 fully saturated rings. The van der Waals surface area contributed by atoms with Gasteiger partial charge < -0.3 is 15.7 Å². The Bertz CT molecular complexity index is 414. The smallest absolute Gasteiger partial charge is 0.171 e. The van der Waals surface area contributed by atoms with E-state index in [4.69, 9.17) is 15.7 Å². The van der Waals surface area contributed by atoms with Crippen LogP contribution in [0.25, 0.3) is 6.08 Å². The number of rotatable bonds is 4. The maximum atomic E-state index is 8.56. The zero-order valence-electron chi connectivity index (χ0n) is 9.34. The van der Waals surface area contributed by atoms with Gasteiger partial charge in [0, 0.05) is 17.5 Å². The molecule has 0 radical (unpaired) electrons. The Kier molecular flexibility index (Phi) is 4.32. The van der Waals surface area contributed by atoms with Crippen molar-refractivity contribution in [2.24, 2.45) is 10.9 Å². The summed E-state index contributed by atoms with van der Waals surface area (Å²) in [7, 11) is 0. The van der Waals surface area contributed by atoms with Gasteiger partial charge in [0.2, 0.25) is 0 Å². The highest BCUT2D eigenvalue weighted by Gasteiger charge is 2.03. The minimum atomic E-state index is 0.0403. The number of amidine groups is 1. The van der Waals surface area contributed by atoms with E-state index in [0.717, 1.165) is 11.3 Å². The number of nitrogens with two attached hydrogens (primary N) is 1. The number of hydrogen-bond donors (Lipinski definition) is 2. The van der Waals surface area contributed by atoms with Crippen molar-refractivity contribution in [1.82, 2.24) is 4.98 Å². The summed E-state index contributed by atoms with van der Waals surface area (Å²) in [4.78, 5) is 4.15. The monoisotopic (exact) mass is 221 g/mol. The predicted octanol–water partition coefficient (Wildman–Crippen LogP) is 1.49. The lowest BCUT2D eigenvalue weighted by molar-refractivity contribution is 0.272. The van der Waals surface area contributed by atoms with Crippen molar-refractivity contribution < 1.29 is 9.94 Å². The number of aromatic nitrogens is 1. The maximum absolute atomic E-state index is 8.56. The Labute approximate surface area is 94.2 Å². The maximum Gasteiger partial charge on any atom is 0.171 e. The zero-order chi connectivity index (χ0) is 12.0. The van der Waals surface area contributed by atoms with Crippen molar-refractivity contribution >= 4 is 11.9 Å². The van der Waals surface area contributed by atoms with Gasteiger partial charge in [0.15, 0.2) is 5.84 Å². The van der Waals surface area contributed by atoms with Crippen molar-refractivity contribution in [3.05, 3.63) is 35.3 Å². The first-order valence-electron chi connectivity index (χ1n) is 4.91. The summed E-state index contributed by atoms with van der Waals surface area (Å²) in [5, 5.41) is 11.5. The fourth-order valence-electron chi connectivity index (χ4n) is 1.13. The molecule has 5 nitrogen and oxygen atoms in total. The lowest BCUT2D eigenvalue weighted by Gasteiger charge is -2.03. The van der Waals surface area contributed by atoms with Crippen LogP contribution in [0.3, 0.4) is 0 Å². The topological polar surface area (TPSA) is 80.7 Å². The molecular weight excluding hydrogens is 206 g/mol. The second-order valence-electron chi connectivity index (χ2n) is 3.14. The minimum absolute atomic E-state index is 0.0403. The molecule has 1 rings (SSSR count). The molecule has 0 atom stereocenters. The van der Waals surface area contributed by atoms with Crippen LogP contribution >= 0.6 is 0 Å². The molecule has 0 aliphatic carbocycles. The summed E-state index contributed by atoms with van der Waals surface area (Å²) in [6.45, 7) is 4.40. The van der Waals surface area contributed by atoms with Crippen LogP contribution < -0.4 is 5.73 Å². The van der Waals surface area contributed by atoms with E-state index < -0.39 is 0 Å². The molecule has 0 aliphatic rings. The molecule has 3 N–H and O–H groups in total. The van der Waals surface area contributed by atoms with Gasteiger partial charge >= 0.3 is 0 Å². The van der Waals surface area contributed by atoms with E-state index in [1.165, 1.54) is 0 Å². The predicted molar refractivity (Wildman–Crippen MR) is 62.1 cm³/mol. The number of oxime groups is 1. The van der Waals surface area contributed by atoms with E-state index in [1.807, 2.05) is 13.8 Å². The molecule has 0 saturated carbocycles. The van der Waals surface area contributed by atoms with Crippen LogP contribution in [0.4, 0.5) is 0 Å². The van der Waals surface area contributed by atoms with Gasteiger partial charge in [-0.15, -0.1) is 0 Å². The second-order valence-corrected chi connectivity index (χ2v) is 3.14. The van der Waals surface area contributed by atoms with E-state index in [0.29, 0.717) is 12.2 Å². The fraction of sp³-hybridized carbons (Fsp3) is 0.273. The number of aryl methyl sites for hydroxylation is 1. The Morgan fingerprint density at radius 2 is 2.44 bits per heavy atom. The van der Waals surface area contributed by atoms with Crippen LogP contribution in [0.2, 0.25) is 0 Å². The van der Waals surface area contributed by atoms with Crippen molar-refractivity contribution in [2.45, 2.75) is 13.8 Å². The van der Waals surface area contributed by atoms with E-state index in [1.54, 1.807) is 24.6 Å². The van der Waals surface area contributed by atoms with E-state index in [-0.39, 0.29) is 5.84 Å². The third-order valence-corrected chi connectivity index (χ3v) is 2.04. The molecule has 0 unspecified atom stereocenters. The summed E-state index contributed by atoms with van der Waals surface area (Å²) < 4.78 is 5.10. The van der Waals surface area contributed by atoms with Gasteiger partial charge in [-0.05, 0) is 31.6 Å². The normalized spacial score (nSPS) is 12.0. The van der Waals surface area contributed by atoms with Crippen molar-refractivity contribution in [3.8, 4) is 0 Å². The Morgan fingerprint density at radius 1 is 1.69 bits per heavy atom. The highest BCUT2D eigenvalue weighted by Crippen LogP contribution is 2.10. The number of pyridine rings is 1. The first kappa shape index (κ1) is 12.0. The largest absolute Gasteiger partial charge is 0.501 e. The van der Waals surface area contributed by atoms with Crippen LogP contribution in [0.1, 0.15) is 23.7 Å². The van der Waals surface area contributed by atoms with Crippen LogP contribution in [0.15, 0.2) is 23.7 Å². The number of ether oxygens (including phenoxy) is 1. The molecule has 1 heterocycles. The van der Waals surface area contributed by atoms with Gasteiger partial charge in [-0.25, -0.2) is 0 Å². The van der Waals surface area contributed by atoms with E-state index >= 15 is 0 Å². The highest BCUT2D eigenvalue weighted by molar-refractivity contribution is 5.97. The number of nitrogens with zero attached hydrogens (tertiary/aromatic N) is 2. The lowest BCUT2D eigenvalue weighted by Crippen LogP contribution is -2.13. The SMILES string of the molecule is CCO/C=C/c1cc(C(N)=NO)cnc1C. The van der Waals surface area contributed by atoms with Gasteiger partial charge in [-0.2, -0.15) is 0 Å². The highest BCUT2D eigenvalue weighted by atomic mass is 16.5. The molecule has 0 aromatic carbocycles. The molecule has 5 heteroatoms. The average molecular weight is 221 g/mol. The molecule has 0 saturated heterocycles. The van der Waals surface area contributed by atoms with Gasteiger partial charge in [-0.1, -0.05) is 5.16 Å². The third-order valence-electron chi connectivity index (χ3n) is 2.04. The molecular formula is C11H15N3O2. The molecule has 86 valence electrons. The van der Waals surface area contributed by atoms with E-state index in [9.17, 15) is 0 Å². The molecule has 1 aromatic heterocycles. The van der Waals surface area contributed by atoms with Crippen molar-refractivity contribution in [2.75, 3.05) is 6.61 Å². The first-order chi connectivity index (χ1) is 7.69. The van der Waals surface area contributed by atoms with Crippen molar-refractivity contribution in [3.63, 3.8) is 0 Å². The lowest BCUT2D eigenvalue weighted by atomic mass is 10.1. The fourth-order valence-corrected chi connectivity index (χ4v) is 1.13. The van der Waals surface area contributed by atoms with Gasteiger partial charge in [0.25, 0.3) is 0 Å². The summed E-state index contributed by atoms with van der Waals surface area (Å²) in [5.74, 6) is 0.0403. The Hall–Kier alpha value is -2.04. The van der Waals surface area contributed by atoms with Gasteiger partial charge in [-0.3, -0.25) is 4.98 Å². The summed E-state index contributed by atoms with van der Waals surface area (Å²) >= 11 is 0. The van der Waals surface area contributed by atoms with Crippen LogP contribution in [0, 0.1) is 6.92 Å². The molecule has 16 heavy (non-hydrogen) atoms. The quantitative estimate of drug-likeness (QED) is 0.265. The first-order valence-corrected chi connectivity index (χ1v) is 4.91. The van der Waals surface area contributed by atoms with Crippen LogP contribution in [-0.4, -0.2) is 22.6 Å². The number of hydrogen-bond acceptors (Lipinski definition) is 4. The minimum Gasteiger partial charge on any atom is -0.501 e. The molecule has 0 aliphatic heterocycles. The molecule has 0 amide bonds. The Balaban J connectivity index is 2.99. The molecule has 0 spiro atoms. The van der Waals surface area contributed by atoms with Gasteiger partial charge in [0.1, 0.15) is 0 Å². The van der Waals surface area contributed by atoms with Gasteiger partial charge in [0.05, 0.1) is 12.9 Å². The third kappa shape index (κ3) is 2.98. The van der Waals surface area contributed by atoms with Crippen LogP contribution in [0.5, 0.6) is 0 Å². The second kappa shape index (κ2) is 5.75. The summed E-state index contributed by atoms with van der Waals surface area (Å²) in [5.41, 5.74) is 7.77. The molecule has 1 aromatic rings. The van der Waals surface area contributed by atoms with Crippen LogP contribution in [-0.2, 0) is 4.74 Å². The zero-order valence-corrected chi connectivity index (χ0v) is 9.34. The standard InChI is InChI=1S/C11H15N3O2/c1-3-16-5-4-9-6-10(11(12)14-15)7-13-8(9)2/h4-7,15H,3H2,1-2H3,(H2,12,14)/b5-4+.